The second kappa shape index (κ2) is 5.95. The third-order valence-corrected chi connectivity index (χ3v) is 1.51. The Hall–Kier alpha value is -1.78. The van der Waals surface area contributed by atoms with E-state index < -0.39 is 7.25 Å². The zero-order valence-corrected chi connectivity index (χ0v) is 8.62. The Kier molecular flexibility index (Phi) is 5.29. The number of hydrogen-bond donors (Lipinski definition) is 0. The molecule has 88 valence electrons. The van der Waals surface area contributed by atoms with E-state index in [9.17, 15) is 17.3 Å². The van der Waals surface area contributed by atoms with E-state index in [0.29, 0.717) is 5.69 Å². The Labute approximate surface area is 89.8 Å². The number of halogens is 4. The average Bonchev–Trinajstić information content (AvgIpc) is 2.15. The van der Waals surface area contributed by atoms with Crippen molar-refractivity contribution in [2.24, 2.45) is 0 Å². The third kappa shape index (κ3) is 6.65. The monoisotopic (exact) mass is 236 g/mol. The Bertz CT molecular complexity index is 383. The van der Waals surface area contributed by atoms with Crippen LogP contribution in [0.1, 0.15) is 5.56 Å². The fourth-order valence-electron chi connectivity index (χ4n) is 0.867. The summed E-state index contributed by atoms with van der Waals surface area (Å²) in [6.07, 6.45) is 0. The molecule has 0 bridgehead atoms. The largest absolute Gasteiger partial charge is 0.673 e. The van der Waals surface area contributed by atoms with Crippen LogP contribution in [0.5, 0.6) is 5.75 Å². The van der Waals surface area contributed by atoms with E-state index in [4.69, 9.17) is 10.1 Å². The predicted octanol–water partition coefficient (Wildman–Crippen LogP) is 3.79. The van der Waals surface area contributed by atoms with Crippen LogP contribution in [0, 0.1) is 12.3 Å². The molecule has 0 N–H and O–H groups in total. The third-order valence-electron chi connectivity index (χ3n) is 1.51. The van der Waals surface area contributed by atoms with E-state index in [2.05, 4.69) is 4.98 Å². The zero-order valence-electron chi connectivity index (χ0n) is 8.62. The molecule has 0 heterocycles. The summed E-state index contributed by atoms with van der Waals surface area (Å²) < 4.78 is 44.0. The maximum absolute atomic E-state index is 9.75. The van der Waals surface area contributed by atoms with Crippen LogP contribution in [0.15, 0.2) is 18.2 Å². The summed E-state index contributed by atoms with van der Waals surface area (Å²) in [5.41, 5.74) is 1.47. The highest BCUT2D eigenvalue weighted by molar-refractivity contribution is 6.50. The first-order valence-electron chi connectivity index (χ1n) is 4.15. The zero-order chi connectivity index (χ0) is 12.8. The molecule has 1 aromatic carbocycles. The second-order valence-corrected chi connectivity index (χ2v) is 2.75. The van der Waals surface area contributed by atoms with Crippen LogP contribution in [0.2, 0.25) is 0 Å². The maximum Gasteiger partial charge on any atom is 0.673 e. The molecule has 0 spiro atoms. The number of diazo groups is 1. The summed E-state index contributed by atoms with van der Waals surface area (Å²) in [6, 6.07) is 5.27. The molecular formula is C8H9BF4N2O. The molecule has 0 aliphatic carbocycles. The highest BCUT2D eigenvalue weighted by Crippen LogP contribution is 2.22. The molecule has 0 fully saturated rings. The first-order valence-corrected chi connectivity index (χ1v) is 4.15. The molecular weight excluding hydrogens is 227 g/mol. The van der Waals surface area contributed by atoms with Crippen molar-refractivity contribution in [1.29, 1.82) is 5.39 Å². The van der Waals surface area contributed by atoms with Crippen LogP contribution in [0.4, 0.5) is 23.0 Å². The smallest absolute Gasteiger partial charge is 0.497 e. The van der Waals surface area contributed by atoms with E-state index in [-0.39, 0.29) is 0 Å². The van der Waals surface area contributed by atoms with Crippen molar-refractivity contribution >= 4 is 12.9 Å². The summed E-state index contributed by atoms with van der Waals surface area (Å²) >= 11 is 0. The van der Waals surface area contributed by atoms with Gasteiger partial charge in [-0.05, 0) is 19.1 Å². The summed E-state index contributed by atoms with van der Waals surface area (Å²) in [5, 5.41) is 8.47. The van der Waals surface area contributed by atoms with Gasteiger partial charge in [0.15, 0.2) is 4.98 Å². The number of aryl methyl sites for hydroxylation is 1. The van der Waals surface area contributed by atoms with Crippen molar-refractivity contribution in [3.05, 3.63) is 28.7 Å². The number of ether oxygens (including phenoxy) is 1. The first-order chi connectivity index (χ1) is 7.27. The first kappa shape index (κ1) is 14.2. The Morgan fingerprint density at radius 3 is 2.06 bits per heavy atom. The van der Waals surface area contributed by atoms with E-state index in [0.717, 1.165) is 11.3 Å². The number of methoxy groups -OCH3 is 1. The molecule has 16 heavy (non-hydrogen) atoms. The second-order valence-electron chi connectivity index (χ2n) is 2.75. The summed E-state index contributed by atoms with van der Waals surface area (Å²) in [6.45, 7) is 1.86. The van der Waals surface area contributed by atoms with Gasteiger partial charge in [-0.1, -0.05) is 0 Å². The molecule has 0 aliphatic rings. The lowest BCUT2D eigenvalue weighted by atomic mass is 10.2. The van der Waals surface area contributed by atoms with Crippen molar-refractivity contribution in [2.75, 3.05) is 7.11 Å². The van der Waals surface area contributed by atoms with Gasteiger partial charge in [0, 0.05) is 11.6 Å². The van der Waals surface area contributed by atoms with Crippen molar-refractivity contribution in [2.45, 2.75) is 6.92 Å². The molecule has 1 rings (SSSR count). The lowest BCUT2D eigenvalue weighted by molar-refractivity contribution is 0.368. The highest BCUT2D eigenvalue weighted by atomic mass is 19.5. The minimum Gasteiger partial charge on any atom is -0.497 e. The molecule has 8 heteroatoms. The van der Waals surface area contributed by atoms with Gasteiger partial charge >= 0.3 is 12.9 Å². The van der Waals surface area contributed by atoms with Gasteiger partial charge in [0.1, 0.15) is 5.75 Å². The molecule has 0 radical (unpaired) electrons. The Morgan fingerprint density at radius 2 is 1.75 bits per heavy atom. The van der Waals surface area contributed by atoms with Crippen molar-refractivity contribution in [1.82, 2.24) is 0 Å². The van der Waals surface area contributed by atoms with Crippen molar-refractivity contribution in [3.63, 3.8) is 0 Å². The summed E-state index contributed by atoms with van der Waals surface area (Å²) in [4.78, 5) is 3.09. The molecule has 0 atom stereocenters. The van der Waals surface area contributed by atoms with Gasteiger partial charge in [0.2, 0.25) is 5.39 Å². The van der Waals surface area contributed by atoms with Gasteiger partial charge in [0.05, 0.1) is 7.11 Å². The fraction of sp³-hybridized carbons (Fsp3) is 0.250. The predicted molar refractivity (Wildman–Crippen MR) is 52.7 cm³/mol. The molecule has 0 amide bonds. The molecule has 3 nitrogen and oxygen atoms in total. The standard InChI is InChI=1S/C8H9N2O.BF4/c1-6-5-7(11-2)3-4-8(6)10-9;2-1(3,4)5/h3-5H,1-2H3;/q+1;-1. The minimum absolute atomic E-state index is 0.575. The quantitative estimate of drug-likeness (QED) is 0.422. The van der Waals surface area contributed by atoms with E-state index in [1.165, 1.54) is 0 Å². The van der Waals surface area contributed by atoms with Crippen LogP contribution in [-0.2, 0) is 0 Å². The number of nitrogens with zero attached hydrogens (tertiary/aromatic N) is 2. The van der Waals surface area contributed by atoms with Gasteiger partial charge in [-0.2, -0.15) is 0 Å². The van der Waals surface area contributed by atoms with Crippen molar-refractivity contribution in [3.8, 4) is 5.75 Å². The van der Waals surface area contributed by atoms with Gasteiger partial charge < -0.3 is 22.0 Å². The molecule has 0 aromatic heterocycles. The average molecular weight is 236 g/mol. The topological polar surface area (TPSA) is 37.4 Å². The Balaban J connectivity index is 0.000000385. The van der Waals surface area contributed by atoms with Crippen LogP contribution in [0.25, 0.3) is 4.98 Å². The van der Waals surface area contributed by atoms with Crippen molar-refractivity contribution < 1.29 is 22.0 Å². The van der Waals surface area contributed by atoms with E-state index in [1.807, 2.05) is 13.0 Å². The van der Waals surface area contributed by atoms with Crippen LogP contribution in [0.3, 0.4) is 0 Å². The molecule has 0 saturated carbocycles. The van der Waals surface area contributed by atoms with Gasteiger partial charge in [0.25, 0.3) is 0 Å². The molecule has 0 aliphatic heterocycles. The highest BCUT2D eigenvalue weighted by Gasteiger charge is 2.20. The minimum atomic E-state index is -6.00. The number of benzene rings is 1. The number of hydrogen-bond acceptors (Lipinski definition) is 2. The molecule has 1 aromatic rings. The van der Waals surface area contributed by atoms with Gasteiger partial charge in [-0.3, -0.25) is 0 Å². The maximum atomic E-state index is 9.75. The normalized spacial score (nSPS) is 9.81. The molecule has 0 saturated heterocycles. The summed E-state index contributed by atoms with van der Waals surface area (Å²) in [5.74, 6) is 0.773. The van der Waals surface area contributed by atoms with Crippen LogP contribution >= 0.6 is 0 Å². The Morgan fingerprint density at radius 1 is 1.25 bits per heavy atom. The SMILES string of the molecule is COc1ccc([N+]#N)c(C)c1.F[B-](F)(F)F. The van der Waals surface area contributed by atoms with Crippen LogP contribution in [-0.4, -0.2) is 14.4 Å². The van der Waals surface area contributed by atoms with E-state index in [1.54, 1.807) is 19.2 Å². The number of rotatable bonds is 1. The lowest BCUT2D eigenvalue weighted by Crippen LogP contribution is -2.02. The van der Waals surface area contributed by atoms with Crippen LogP contribution < -0.4 is 4.74 Å². The fourth-order valence-corrected chi connectivity index (χ4v) is 0.867. The van der Waals surface area contributed by atoms with E-state index >= 15 is 0 Å². The summed E-state index contributed by atoms with van der Waals surface area (Å²) in [7, 11) is -4.40. The van der Waals surface area contributed by atoms with Gasteiger partial charge in [-0.15, -0.1) is 0 Å². The van der Waals surface area contributed by atoms with Gasteiger partial charge in [-0.25, -0.2) is 0 Å². The molecule has 0 unspecified atom stereocenters. The lowest BCUT2D eigenvalue weighted by Gasteiger charge is -1.96.